The highest BCUT2D eigenvalue weighted by Crippen LogP contribution is 2.59. The number of phenolic OH excluding ortho intramolecular Hbond substituents is 1. The Kier molecular flexibility index (Phi) is 4.31. The molecule has 3 heteroatoms. The number of aromatic hydroxyl groups is 1. The summed E-state index contributed by atoms with van der Waals surface area (Å²) in [4.78, 5) is 12.7. The van der Waals surface area contributed by atoms with E-state index >= 15 is 0 Å². The number of hydrogen-bond donors (Lipinski definition) is 1. The fourth-order valence-corrected chi connectivity index (χ4v) is 4.89. The predicted molar refractivity (Wildman–Crippen MR) is 94.8 cm³/mol. The molecule has 0 amide bonds. The number of rotatable bonds is 4. The summed E-state index contributed by atoms with van der Waals surface area (Å²) in [5.74, 6) is 0.565. The molecule has 0 spiro atoms. The normalized spacial score (nSPS) is 26.4. The van der Waals surface area contributed by atoms with E-state index in [1.54, 1.807) is 6.07 Å². The molecule has 1 aromatic rings. The zero-order valence-electron chi connectivity index (χ0n) is 14.2. The van der Waals surface area contributed by atoms with Crippen LogP contribution in [0.5, 0.6) is 5.75 Å². The molecule has 0 aliphatic heterocycles. The summed E-state index contributed by atoms with van der Waals surface area (Å²) in [6.07, 6.45) is 6.05. The Balaban J connectivity index is 2.20. The largest absolute Gasteiger partial charge is 0.506 e. The summed E-state index contributed by atoms with van der Waals surface area (Å²) >= 11 is 6.40. The summed E-state index contributed by atoms with van der Waals surface area (Å²) in [6.45, 7) is 6.30. The lowest BCUT2D eigenvalue weighted by Gasteiger charge is -2.39. The van der Waals surface area contributed by atoms with Crippen molar-refractivity contribution in [2.75, 3.05) is 0 Å². The molecule has 0 saturated heterocycles. The Morgan fingerprint density at radius 3 is 2.74 bits per heavy atom. The predicted octanol–water partition coefficient (Wildman–Crippen LogP) is 5.55. The molecule has 1 aromatic carbocycles. The van der Waals surface area contributed by atoms with E-state index in [-0.39, 0.29) is 17.1 Å². The number of phenols is 1. The topological polar surface area (TPSA) is 37.3 Å². The van der Waals surface area contributed by atoms with E-state index < -0.39 is 0 Å². The highest BCUT2D eigenvalue weighted by Gasteiger charge is 2.49. The molecule has 0 heterocycles. The second-order valence-electron chi connectivity index (χ2n) is 7.16. The average Bonchev–Trinajstić information content (AvgIpc) is 2.88. The highest BCUT2D eigenvalue weighted by molar-refractivity contribution is 6.33. The first-order valence-electron chi connectivity index (χ1n) is 8.71. The quantitative estimate of drug-likeness (QED) is 0.784. The van der Waals surface area contributed by atoms with Gasteiger partial charge < -0.3 is 5.11 Å². The Morgan fingerprint density at radius 1 is 1.35 bits per heavy atom. The van der Waals surface area contributed by atoms with Crippen molar-refractivity contribution in [3.63, 3.8) is 0 Å². The maximum Gasteiger partial charge on any atom is 0.161 e. The van der Waals surface area contributed by atoms with Crippen LogP contribution >= 0.6 is 11.6 Å². The van der Waals surface area contributed by atoms with Crippen LogP contribution in [0.3, 0.4) is 0 Å². The smallest absolute Gasteiger partial charge is 0.161 e. The zero-order valence-corrected chi connectivity index (χ0v) is 15.0. The molecule has 2 atom stereocenters. The van der Waals surface area contributed by atoms with Gasteiger partial charge in [-0.2, -0.15) is 0 Å². The maximum atomic E-state index is 12.7. The Hall–Kier alpha value is -1.28. The molecule has 2 aliphatic rings. The van der Waals surface area contributed by atoms with Gasteiger partial charge in [-0.3, -0.25) is 4.79 Å². The van der Waals surface area contributed by atoms with Crippen molar-refractivity contribution in [1.29, 1.82) is 0 Å². The van der Waals surface area contributed by atoms with Crippen LogP contribution in [0.4, 0.5) is 0 Å². The number of carbonyl (C=O) groups is 1. The first-order valence-corrected chi connectivity index (χ1v) is 9.09. The van der Waals surface area contributed by atoms with Crippen LogP contribution < -0.4 is 0 Å². The van der Waals surface area contributed by atoms with Gasteiger partial charge in [-0.25, -0.2) is 0 Å². The molecule has 0 fully saturated rings. The first-order chi connectivity index (χ1) is 10.9. The summed E-state index contributed by atoms with van der Waals surface area (Å²) in [5, 5.41) is 10.4. The third-order valence-electron chi connectivity index (χ3n) is 5.79. The van der Waals surface area contributed by atoms with E-state index in [1.807, 2.05) is 13.0 Å². The molecule has 0 radical (unpaired) electrons. The van der Waals surface area contributed by atoms with E-state index in [9.17, 15) is 9.90 Å². The third kappa shape index (κ3) is 2.42. The lowest BCUT2D eigenvalue weighted by Crippen LogP contribution is -2.34. The SMILES string of the molecule is CCCC[C@]12Cc3c(ccc(O)c3Cl)C1=C(C)C(=O)[C@@H](CC)C2. The van der Waals surface area contributed by atoms with Crippen LogP contribution in [-0.2, 0) is 11.2 Å². The lowest BCUT2D eigenvalue weighted by molar-refractivity contribution is -0.120. The third-order valence-corrected chi connectivity index (χ3v) is 6.21. The standard InChI is InChI=1S/C20H25ClO2/c1-4-6-9-20-10-13(5-2)19(23)12(3)17(20)14-7-8-16(22)18(21)15(14)11-20/h7-8,13,22H,4-6,9-11H2,1-3H3/t13-,20-/m0/s1. The number of benzene rings is 1. The van der Waals surface area contributed by atoms with Crippen molar-refractivity contribution in [2.45, 2.75) is 59.3 Å². The fourth-order valence-electron chi connectivity index (χ4n) is 4.66. The molecule has 0 unspecified atom stereocenters. The minimum absolute atomic E-state index is 0.0223. The van der Waals surface area contributed by atoms with Crippen LogP contribution in [0.25, 0.3) is 5.57 Å². The molecule has 2 nitrogen and oxygen atoms in total. The van der Waals surface area contributed by atoms with Gasteiger partial charge in [-0.15, -0.1) is 0 Å². The van der Waals surface area contributed by atoms with E-state index in [0.29, 0.717) is 10.8 Å². The van der Waals surface area contributed by atoms with Crippen LogP contribution in [0.1, 0.15) is 64.0 Å². The van der Waals surface area contributed by atoms with E-state index in [2.05, 4.69) is 13.8 Å². The van der Waals surface area contributed by atoms with Gasteiger partial charge in [0.2, 0.25) is 0 Å². The van der Waals surface area contributed by atoms with Gasteiger partial charge in [-0.05, 0) is 60.9 Å². The first kappa shape index (κ1) is 16.6. The number of halogens is 1. The van der Waals surface area contributed by atoms with E-state index in [4.69, 9.17) is 11.6 Å². The highest BCUT2D eigenvalue weighted by atomic mass is 35.5. The number of ketones is 1. The minimum Gasteiger partial charge on any atom is -0.506 e. The molecule has 23 heavy (non-hydrogen) atoms. The van der Waals surface area contributed by atoms with Gasteiger partial charge >= 0.3 is 0 Å². The van der Waals surface area contributed by atoms with E-state index in [0.717, 1.165) is 55.2 Å². The zero-order chi connectivity index (χ0) is 16.8. The van der Waals surface area contributed by atoms with Gasteiger partial charge in [0, 0.05) is 11.3 Å². The molecular formula is C20H25ClO2. The van der Waals surface area contributed by atoms with Crippen molar-refractivity contribution in [3.05, 3.63) is 33.9 Å². The van der Waals surface area contributed by atoms with Gasteiger partial charge in [0.15, 0.2) is 5.78 Å². The minimum atomic E-state index is 0.0223. The van der Waals surface area contributed by atoms with Gasteiger partial charge in [-0.1, -0.05) is 44.4 Å². The fraction of sp³-hybridized carbons (Fsp3) is 0.550. The van der Waals surface area contributed by atoms with Crippen LogP contribution in [-0.4, -0.2) is 10.9 Å². The van der Waals surface area contributed by atoms with Crippen molar-refractivity contribution in [2.24, 2.45) is 11.3 Å². The number of Topliss-reactive ketones (excluding diaryl/α,β-unsaturated/α-hetero) is 1. The number of unbranched alkanes of at least 4 members (excludes halogenated alkanes) is 1. The Morgan fingerprint density at radius 2 is 2.09 bits per heavy atom. The van der Waals surface area contributed by atoms with Crippen LogP contribution in [0, 0.1) is 11.3 Å². The summed E-state index contributed by atoms with van der Waals surface area (Å²) in [6, 6.07) is 3.61. The number of carbonyl (C=O) groups excluding carboxylic acids is 1. The van der Waals surface area contributed by atoms with Crippen molar-refractivity contribution in [3.8, 4) is 5.75 Å². The number of allylic oxidation sites excluding steroid dienone is 2. The maximum absolute atomic E-state index is 12.7. The van der Waals surface area contributed by atoms with Gasteiger partial charge in [0.1, 0.15) is 5.75 Å². The summed E-state index contributed by atoms with van der Waals surface area (Å²) in [5.41, 5.74) is 4.26. The molecule has 1 N–H and O–H groups in total. The lowest BCUT2D eigenvalue weighted by atomic mass is 9.63. The van der Waals surface area contributed by atoms with Crippen molar-refractivity contribution >= 4 is 23.0 Å². The number of hydrogen-bond acceptors (Lipinski definition) is 2. The molecule has 0 bridgehead atoms. The second kappa shape index (κ2) is 5.98. The van der Waals surface area contributed by atoms with Gasteiger partial charge in [0.25, 0.3) is 0 Å². The Labute approximate surface area is 143 Å². The van der Waals surface area contributed by atoms with Crippen LogP contribution in [0.15, 0.2) is 17.7 Å². The molecule has 2 aliphatic carbocycles. The Bertz CT molecular complexity index is 689. The van der Waals surface area contributed by atoms with E-state index in [1.165, 1.54) is 5.57 Å². The van der Waals surface area contributed by atoms with Crippen molar-refractivity contribution < 1.29 is 9.90 Å². The van der Waals surface area contributed by atoms with Crippen molar-refractivity contribution in [1.82, 2.24) is 0 Å². The summed E-state index contributed by atoms with van der Waals surface area (Å²) < 4.78 is 0. The molecule has 0 saturated carbocycles. The monoisotopic (exact) mass is 332 g/mol. The van der Waals surface area contributed by atoms with Crippen LogP contribution in [0.2, 0.25) is 5.02 Å². The molecule has 3 rings (SSSR count). The molecular weight excluding hydrogens is 308 g/mol. The molecule has 124 valence electrons. The molecule has 0 aromatic heterocycles. The second-order valence-corrected chi connectivity index (χ2v) is 7.54. The summed E-state index contributed by atoms with van der Waals surface area (Å²) in [7, 11) is 0. The van der Waals surface area contributed by atoms with Gasteiger partial charge in [0.05, 0.1) is 5.02 Å². The average molecular weight is 333 g/mol. The number of fused-ring (bicyclic) bond motifs is 3.